The number of nitrogens with one attached hydrogen (secondary N) is 1. The normalized spacial score (nSPS) is 22.5. The van der Waals surface area contributed by atoms with E-state index in [-0.39, 0.29) is 31.5 Å². The molecule has 0 aliphatic heterocycles. The minimum atomic E-state index is -0.521. The van der Waals surface area contributed by atoms with Crippen molar-refractivity contribution in [3.05, 3.63) is 34.8 Å². The molecule has 0 saturated heterocycles. The lowest BCUT2D eigenvalue weighted by Gasteiger charge is -2.34. The number of nitrogens with zero attached hydrogens (tertiary/aromatic N) is 1. The van der Waals surface area contributed by atoms with Gasteiger partial charge in [-0.1, -0.05) is 38.8 Å². The number of carbonyl (C=O) groups excluding carboxylic acids is 2. The van der Waals surface area contributed by atoms with Crippen molar-refractivity contribution < 1.29 is 18.7 Å². The molecule has 3 rings (SSSR count). The number of rotatable bonds is 6. The van der Waals surface area contributed by atoms with Gasteiger partial charge in [0.05, 0.1) is 11.9 Å². The van der Waals surface area contributed by atoms with E-state index in [9.17, 15) is 14.4 Å². The summed E-state index contributed by atoms with van der Waals surface area (Å²) in [7, 11) is 0. The first kappa shape index (κ1) is 19.2. The number of para-hydroxylation sites is 2. The smallest absolute Gasteiger partial charge is 0.419 e. The first-order valence-corrected chi connectivity index (χ1v) is 9.49. The molecule has 0 unspecified atom stereocenters. The third kappa shape index (κ3) is 4.59. The molecule has 0 bridgehead atoms. The third-order valence-electron chi connectivity index (χ3n) is 5.53. The summed E-state index contributed by atoms with van der Waals surface area (Å²) in [6, 6.07) is 7.16. The van der Waals surface area contributed by atoms with Crippen molar-refractivity contribution in [3.8, 4) is 0 Å². The van der Waals surface area contributed by atoms with E-state index in [1.165, 1.54) is 11.0 Å². The summed E-state index contributed by atoms with van der Waals surface area (Å²) >= 11 is 0. The Morgan fingerprint density at radius 3 is 2.85 bits per heavy atom. The molecule has 7 heteroatoms. The number of oxazole rings is 1. The third-order valence-corrected chi connectivity index (χ3v) is 5.53. The standard InChI is InChI=1S/C20H26N2O5/c1-13-6-5-7-15(14(13)2)21-18(23)12-26-19(24)10-11-22-16-8-3-4-9-17(16)27-20(22)25/h3-4,8-9,13-15H,5-7,10-12H2,1-2H3,(H,21,23)/t13-,14-,15-/m1/s1. The van der Waals surface area contributed by atoms with Gasteiger partial charge in [0.1, 0.15) is 0 Å². The maximum absolute atomic E-state index is 12.1. The zero-order valence-electron chi connectivity index (χ0n) is 15.8. The Labute approximate surface area is 157 Å². The summed E-state index contributed by atoms with van der Waals surface area (Å²) < 4.78 is 11.6. The van der Waals surface area contributed by atoms with Crippen LogP contribution >= 0.6 is 0 Å². The second-order valence-electron chi connectivity index (χ2n) is 7.34. The van der Waals surface area contributed by atoms with Gasteiger partial charge in [0, 0.05) is 12.6 Å². The van der Waals surface area contributed by atoms with Gasteiger partial charge in [0.15, 0.2) is 12.2 Å². The van der Waals surface area contributed by atoms with Crippen LogP contribution in [-0.4, -0.2) is 29.1 Å². The van der Waals surface area contributed by atoms with Crippen LogP contribution in [0.25, 0.3) is 11.1 Å². The number of fused-ring (bicyclic) bond motifs is 1. The fraction of sp³-hybridized carbons (Fsp3) is 0.550. The zero-order valence-corrected chi connectivity index (χ0v) is 15.8. The largest absolute Gasteiger partial charge is 0.456 e. The summed E-state index contributed by atoms with van der Waals surface area (Å²) in [5.41, 5.74) is 1.11. The average molecular weight is 374 g/mol. The number of ether oxygens (including phenoxy) is 1. The number of hydrogen-bond donors (Lipinski definition) is 1. The lowest BCUT2D eigenvalue weighted by molar-refractivity contribution is -0.149. The lowest BCUT2D eigenvalue weighted by atomic mass is 9.78. The van der Waals surface area contributed by atoms with Crippen LogP contribution in [-0.2, 0) is 20.9 Å². The summed E-state index contributed by atoms with van der Waals surface area (Å²) in [4.78, 5) is 35.9. The van der Waals surface area contributed by atoms with Crippen molar-refractivity contribution in [1.29, 1.82) is 0 Å². The molecule has 3 atom stereocenters. The molecular formula is C20H26N2O5. The Morgan fingerprint density at radius 1 is 1.26 bits per heavy atom. The second kappa shape index (κ2) is 8.41. The van der Waals surface area contributed by atoms with Crippen molar-refractivity contribution in [2.24, 2.45) is 11.8 Å². The number of amides is 1. The molecule has 1 amide bonds. The molecule has 27 heavy (non-hydrogen) atoms. The number of aromatic nitrogens is 1. The Hall–Kier alpha value is -2.57. The molecule has 0 radical (unpaired) electrons. The van der Waals surface area contributed by atoms with Gasteiger partial charge in [0.2, 0.25) is 0 Å². The Morgan fingerprint density at radius 2 is 2.04 bits per heavy atom. The maximum atomic E-state index is 12.1. The number of aryl methyl sites for hydroxylation is 1. The van der Waals surface area contributed by atoms with Gasteiger partial charge in [-0.2, -0.15) is 0 Å². The van der Waals surface area contributed by atoms with Gasteiger partial charge in [-0.3, -0.25) is 14.2 Å². The van der Waals surface area contributed by atoms with Crippen molar-refractivity contribution in [2.75, 3.05) is 6.61 Å². The van der Waals surface area contributed by atoms with E-state index in [0.29, 0.717) is 22.9 Å². The number of carbonyl (C=O) groups is 2. The number of hydrogen-bond acceptors (Lipinski definition) is 5. The van der Waals surface area contributed by atoms with Gasteiger partial charge >= 0.3 is 11.7 Å². The van der Waals surface area contributed by atoms with Crippen molar-refractivity contribution >= 4 is 23.0 Å². The van der Waals surface area contributed by atoms with Crippen LogP contribution in [0.15, 0.2) is 33.5 Å². The van der Waals surface area contributed by atoms with Crippen LogP contribution in [0.5, 0.6) is 0 Å². The molecule has 1 N–H and O–H groups in total. The van der Waals surface area contributed by atoms with E-state index in [1.54, 1.807) is 24.3 Å². The summed E-state index contributed by atoms with van der Waals surface area (Å²) in [6.45, 7) is 4.20. The van der Waals surface area contributed by atoms with Crippen molar-refractivity contribution in [2.45, 2.75) is 52.1 Å². The van der Waals surface area contributed by atoms with Gasteiger partial charge in [-0.15, -0.1) is 0 Å². The predicted molar refractivity (Wildman–Crippen MR) is 100 cm³/mol. The van der Waals surface area contributed by atoms with E-state index in [2.05, 4.69) is 19.2 Å². The van der Waals surface area contributed by atoms with E-state index in [4.69, 9.17) is 9.15 Å². The average Bonchev–Trinajstić information content (AvgIpc) is 2.97. The molecule has 1 heterocycles. The summed E-state index contributed by atoms with van der Waals surface area (Å²) in [6.07, 6.45) is 3.24. The Balaban J connectivity index is 1.46. The van der Waals surface area contributed by atoms with E-state index in [1.807, 2.05) is 0 Å². The Kier molecular flexibility index (Phi) is 5.98. The molecule has 7 nitrogen and oxygen atoms in total. The maximum Gasteiger partial charge on any atom is 0.419 e. The molecule has 1 aliphatic carbocycles. The van der Waals surface area contributed by atoms with Gasteiger partial charge in [-0.05, 0) is 30.4 Å². The van der Waals surface area contributed by atoms with Crippen molar-refractivity contribution in [1.82, 2.24) is 9.88 Å². The van der Waals surface area contributed by atoms with Crippen LogP contribution < -0.4 is 11.1 Å². The number of esters is 1. The van der Waals surface area contributed by atoms with Gasteiger partial charge < -0.3 is 14.5 Å². The van der Waals surface area contributed by atoms with Crippen LogP contribution in [0.2, 0.25) is 0 Å². The van der Waals surface area contributed by atoms with Gasteiger partial charge in [-0.25, -0.2) is 4.79 Å². The van der Waals surface area contributed by atoms with E-state index in [0.717, 1.165) is 12.8 Å². The molecule has 146 valence electrons. The SMILES string of the molecule is C[C@@H]1[C@H](C)CCC[C@H]1NC(=O)COC(=O)CCn1c(=O)oc2ccccc21. The highest BCUT2D eigenvalue weighted by molar-refractivity contribution is 5.80. The summed E-state index contributed by atoms with van der Waals surface area (Å²) in [5, 5.41) is 2.97. The first-order chi connectivity index (χ1) is 13.0. The molecule has 1 saturated carbocycles. The fourth-order valence-electron chi connectivity index (χ4n) is 3.68. The van der Waals surface area contributed by atoms with Crippen LogP contribution in [0.1, 0.15) is 39.5 Å². The second-order valence-corrected chi connectivity index (χ2v) is 7.34. The highest BCUT2D eigenvalue weighted by Crippen LogP contribution is 2.29. The first-order valence-electron chi connectivity index (χ1n) is 9.49. The predicted octanol–water partition coefficient (Wildman–Crippen LogP) is 2.47. The molecule has 1 aliphatic rings. The molecule has 2 aromatic rings. The minimum absolute atomic E-state index is 0.00637. The van der Waals surface area contributed by atoms with Crippen LogP contribution in [0.3, 0.4) is 0 Å². The quantitative estimate of drug-likeness (QED) is 0.785. The number of benzene rings is 1. The topological polar surface area (TPSA) is 90.5 Å². The molecule has 1 fully saturated rings. The Bertz CT molecular complexity index is 869. The summed E-state index contributed by atoms with van der Waals surface area (Å²) in [5.74, 6) is -0.316. The molecule has 0 spiro atoms. The highest BCUT2D eigenvalue weighted by Gasteiger charge is 2.28. The minimum Gasteiger partial charge on any atom is -0.456 e. The lowest BCUT2D eigenvalue weighted by Crippen LogP contribution is -2.45. The van der Waals surface area contributed by atoms with Crippen LogP contribution in [0, 0.1) is 11.8 Å². The monoisotopic (exact) mass is 374 g/mol. The van der Waals surface area contributed by atoms with Crippen LogP contribution in [0.4, 0.5) is 0 Å². The van der Waals surface area contributed by atoms with E-state index >= 15 is 0 Å². The zero-order chi connectivity index (χ0) is 19.4. The van der Waals surface area contributed by atoms with Crippen molar-refractivity contribution in [3.63, 3.8) is 0 Å². The molecule has 1 aromatic heterocycles. The molecule has 1 aromatic carbocycles. The fourth-order valence-corrected chi connectivity index (χ4v) is 3.68. The van der Waals surface area contributed by atoms with Gasteiger partial charge in [0.25, 0.3) is 5.91 Å². The highest BCUT2D eigenvalue weighted by atomic mass is 16.5. The van der Waals surface area contributed by atoms with E-state index < -0.39 is 11.7 Å². The molecular weight excluding hydrogens is 348 g/mol.